The molecule has 4 rings (SSSR count). The molecule has 0 unspecified atom stereocenters. The van der Waals surface area contributed by atoms with Gasteiger partial charge in [0.2, 0.25) is 0 Å². The fraction of sp³-hybridized carbons (Fsp3) is 0.333. The normalized spacial score (nSPS) is 15.1. The Hall–Kier alpha value is -1.95. The van der Waals surface area contributed by atoms with E-state index in [0.29, 0.717) is 6.54 Å². The Kier molecular flexibility index (Phi) is 5.72. The van der Waals surface area contributed by atoms with Crippen molar-refractivity contribution in [3.05, 3.63) is 70.0 Å². The maximum atomic E-state index is 6.07. The summed E-state index contributed by atoms with van der Waals surface area (Å²) in [5.74, 6) is 0.887. The lowest BCUT2D eigenvalue weighted by atomic mass is 10.1. The Morgan fingerprint density at radius 3 is 2.33 bits per heavy atom. The highest BCUT2D eigenvalue weighted by Gasteiger charge is 2.16. The van der Waals surface area contributed by atoms with Gasteiger partial charge in [0, 0.05) is 10.6 Å². The number of hydrogen-bond acceptors (Lipinski definition) is 3. The third-order valence-electron chi connectivity index (χ3n) is 4.99. The van der Waals surface area contributed by atoms with Gasteiger partial charge in [0.05, 0.1) is 13.2 Å². The smallest absolute Gasteiger partial charge is 0.199 e. The number of nitrogens with zero attached hydrogens (tertiary/aromatic N) is 4. The summed E-state index contributed by atoms with van der Waals surface area (Å²) in [7, 11) is 0. The summed E-state index contributed by atoms with van der Waals surface area (Å²) in [6.07, 6.45) is 3.82. The minimum Gasteiger partial charge on any atom is -0.295 e. The lowest BCUT2D eigenvalue weighted by Crippen LogP contribution is -2.32. The summed E-state index contributed by atoms with van der Waals surface area (Å²) in [5.41, 5.74) is 2.24. The van der Waals surface area contributed by atoms with E-state index in [9.17, 15) is 0 Å². The Balaban J connectivity index is 1.71. The van der Waals surface area contributed by atoms with Crippen LogP contribution in [0.3, 0.4) is 0 Å². The number of rotatable bonds is 5. The van der Waals surface area contributed by atoms with Crippen molar-refractivity contribution >= 4 is 23.8 Å². The van der Waals surface area contributed by atoms with E-state index in [1.807, 2.05) is 35.0 Å². The van der Waals surface area contributed by atoms with Crippen molar-refractivity contribution in [2.24, 2.45) is 0 Å². The second kappa shape index (κ2) is 8.38. The quantitative estimate of drug-likeness (QED) is 0.550. The lowest BCUT2D eigenvalue weighted by Gasteiger charge is -2.25. The van der Waals surface area contributed by atoms with E-state index in [1.54, 1.807) is 0 Å². The van der Waals surface area contributed by atoms with Gasteiger partial charge in [0.1, 0.15) is 0 Å². The number of aromatic nitrogens is 3. The molecule has 0 aliphatic carbocycles. The molecule has 140 valence electrons. The third kappa shape index (κ3) is 4.32. The van der Waals surface area contributed by atoms with Crippen LogP contribution in [0, 0.1) is 4.77 Å². The van der Waals surface area contributed by atoms with Crippen LogP contribution in [0.2, 0.25) is 5.02 Å². The largest absolute Gasteiger partial charge is 0.295 e. The van der Waals surface area contributed by atoms with E-state index < -0.39 is 0 Å². The first-order chi connectivity index (χ1) is 13.2. The number of benzene rings is 2. The molecule has 1 aliphatic heterocycles. The Morgan fingerprint density at radius 2 is 1.63 bits per heavy atom. The molecule has 0 N–H and O–H groups in total. The van der Waals surface area contributed by atoms with Gasteiger partial charge < -0.3 is 0 Å². The van der Waals surface area contributed by atoms with E-state index >= 15 is 0 Å². The molecule has 6 heteroatoms. The van der Waals surface area contributed by atoms with Crippen molar-refractivity contribution in [2.75, 3.05) is 13.1 Å². The third-order valence-corrected chi connectivity index (χ3v) is 5.67. The fourth-order valence-electron chi connectivity index (χ4n) is 3.54. The van der Waals surface area contributed by atoms with Gasteiger partial charge in [0.25, 0.3) is 0 Å². The molecular weight excluding hydrogens is 376 g/mol. The molecule has 2 heterocycles. The highest BCUT2D eigenvalue weighted by molar-refractivity contribution is 7.71. The van der Waals surface area contributed by atoms with Crippen molar-refractivity contribution in [3.8, 4) is 11.4 Å². The van der Waals surface area contributed by atoms with Crippen LogP contribution in [-0.2, 0) is 13.2 Å². The molecule has 1 saturated heterocycles. The van der Waals surface area contributed by atoms with Crippen LogP contribution in [0.5, 0.6) is 0 Å². The predicted octanol–water partition coefficient (Wildman–Crippen LogP) is 5.23. The maximum Gasteiger partial charge on any atom is 0.199 e. The Labute approximate surface area is 170 Å². The van der Waals surface area contributed by atoms with Gasteiger partial charge in [-0.1, -0.05) is 48.4 Å². The minimum absolute atomic E-state index is 0.706. The van der Waals surface area contributed by atoms with Crippen LogP contribution in [0.15, 0.2) is 54.6 Å². The number of likely N-dealkylation sites (tertiary alicyclic amines) is 1. The van der Waals surface area contributed by atoms with E-state index in [1.165, 1.54) is 24.8 Å². The van der Waals surface area contributed by atoms with Gasteiger partial charge in [-0.15, -0.1) is 0 Å². The van der Waals surface area contributed by atoms with Gasteiger partial charge in [-0.2, -0.15) is 5.10 Å². The van der Waals surface area contributed by atoms with Crippen LogP contribution in [0.1, 0.15) is 24.8 Å². The van der Waals surface area contributed by atoms with E-state index in [2.05, 4.69) is 33.7 Å². The van der Waals surface area contributed by atoms with Crippen molar-refractivity contribution in [2.45, 2.75) is 32.5 Å². The molecule has 3 aromatic rings. The van der Waals surface area contributed by atoms with E-state index in [0.717, 1.165) is 40.9 Å². The van der Waals surface area contributed by atoms with Crippen molar-refractivity contribution in [3.63, 3.8) is 0 Å². The standard InChI is InChI=1S/C21H23ClN4S/c22-19-11-9-18(10-12-19)20-23-26(16-24-13-5-2-6-14-24)21(27)25(20)15-17-7-3-1-4-8-17/h1,3-4,7-12H,2,5-6,13-16H2. The molecule has 0 radical (unpaired) electrons. The minimum atomic E-state index is 0.706. The lowest BCUT2D eigenvalue weighted by molar-refractivity contribution is 0.172. The maximum absolute atomic E-state index is 6.07. The molecule has 27 heavy (non-hydrogen) atoms. The molecule has 2 aromatic carbocycles. The molecular formula is C21H23ClN4S. The summed E-state index contributed by atoms with van der Waals surface area (Å²) >= 11 is 11.9. The zero-order chi connectivity index (χ0) is 18.6. The van der Waals surface area contributed by atoms with Crippen LogP contribution in [-0.4, -0.2) is 32.3 Å². The first kappa shape index (κ1) is 18.4. The van der Waals surface area contributed by atoms with Crippen molar-refractivity contribution < 1.29 is 0 Å². The van der Waals surface area contributed by atoms with Gasteiger partial charge in [-0.25, -0.2) is 4.68 Å². The van der Waals surface area contributed by atoms with Gasteiger partial charge in [0.15, 0.2) is 10.6 Å². The number of halogens is 1. The summed E-state index contributed by atoms with van der Waals surface area (Å²) in [6, 6.07) is 18.2. The van der Waals surface area contributed by atoms with Gasteiger partial charge in [-0.05, 0) is 68.0 Å². The Bertz CT molecular complexity index is 941. The zero-order valence-corrected chi connectivity index (χ0v) is 16.8. The molecule has 0 bridgehead atoms. The number of piperidine rings is 1. The summed E-state index contributed by atoms with van der Waals surface area (Å²) in [6.45, 7) is 3.69. The molecule has 1 aliphatic rings. The highest BCUT2D eigenvalue weighted by atomic mass is 35.5. The molecule has 1 aromatic heterocycles. The van der Waals surface area contributed by atoms with Crippen LogP contribution in [0.25, 0.3) is 11.4 Å². The van der Waals surface area contributed by atoms with E-state index in [4.69, 9.17) is 28.9 Å². The monoisotopic (exact) mass is 398 g/mol. The van der Waals surface area contributed by atoms with Crippen molar-refractivity contribution in [1.29, 1.82) is 0 Å². The number of hydrogen-bond donors (Lipinski definition) is 0. The molecule has 1 fully saturated rings. The van der Waals surface area contributed by atoms with Gasteiger partial charge in [-0.3, -0.25) is 9.47 Å². The average Bonchev–Trinajstić information content (AvgIpc) is 3.00. The van der Waals surface area contributed by atoms with Crippen LogP contribution < -0.4 is 0 Å². The SMILES string of the molecule is S=c1n(CN2CCCCC2)nc(-c2ccc(Cl)cc2)n1Cc1ccccc1. The van der Waals surface area contributed by atoms with Gasteiger partial charge >= 0.3 is 0 Å². The predicted molar refractivity (Wildman–Crippen MR) is 112 cm³/mol. The highest BCUT2D eigenvalue weighted by Crippen LogP contribution is 2.22. The fourth-order valence-corrected chi connectivity index (χ4v) is 3.92. The summed E-state index contributed by atoms with van der Waals surface area (Å²) < 4.78 is 4.85. The molecule has 0 atom stereocenters. The molecule has 0 saturated carbocycles. The molecule has 0 amide bonds. The zero-order valence-electron chi connectivity index (χ0n) is 15.2. The van der Waals surface area contributed by atoms with E-state index in [-0.39, 0.29) is 0 Å². The summed E-state index contributed by atoms with van der Waals surface area (Å²) in [4.78, 5) is 2.44. The average molecular weight is 399 g/mol. The van der Waals surface area contributed by atoms with Crippen molar-refractivity contribution in [1.82, 2.24) is 19.2 Å². The topological polar surface area (TPSA) is 26.0 Å². The second-order valence-corrected chi connectivity index (χ2v) is 7.81. The molecule has 0 spiro atoms. The summed E-state index contributed by atoms with van der Waals surface area (Å²) in [5, 5.41) is 5.61. The van der Waals surface area contributed by atoms with Crippen LogP contribution >= 0.6 is 23.8 Å². The van der Waals surface area contributed by atoms with Crippen LogP contribution in [0.4, 0.5) is 0 Å². The first-order valence-corrected chi connectivity index (χ1v) is 10.2. The Morgan fingerprint density at radius 1 is 0.926 bits per heavy atom. The second-order valence-electron chi connectivity index (χ2n) is 7.00. The first-order valence-electron chi connectivity index (χ1n) is 9.40. The molecule has 4 nitrogen and oxygen atoms in total.